The molecular weight excluding hydrogens is 388 g/mol. The van der Waals surface area contributed by atoms with Crippen molar-refractivity contribution in [2.45, 2.75) is 19.9 Å². The van der Waals surface area contributed by atoms with Crippen LogP contribution in [0, 0.1) is 0 Å². The van der Waals surface area contributed by atoms with Gasteiger partial charge in [0.25, 0.3) is 5.91 Å². The van der Waals surface area contributed by atoms with Crippen molar-refractivity contribution in [2.75, 3.05) is 37.6 Å². The maximum atomic E-state index is 12.4. The summed E-state index contributed by atoms with van der Waals surface area (Å²) in [5.74, 6) is -0.228. The van der Waals surface area contributed by atoms with Crippen molar-refractivity contribution in [3.05, 3.63) is 52.2 Å². The van der Waals surface area contributed by atoms with E-state index in [1.54, 1.807) is 6.07 Å². The van der Waals surface area contributed by atoms with Gasteiger partial charge in [0, 0.05) is 56.6 Å². The van der Waals surface area contributed by atoms with Crippen molar-refractivity contribution in [1.82, 2.24) is 15.5 Å². The molecule has 1 saturated heterocycles. The van der Waals surface area contributed by atoms with Gasteiger partial charge >= 0.3 is 0 Å². The van der Waals surface area contributed by atoms with E-state index in [4.69, 9.17) is 0 Å². The second-order valence-corrected chi connectivity index (χ2v) is 8.05. The Morgan fingerprint density at radius 3 is 2.38 bits per heavy atom. The highest BCUT2D eigenvalue weighted by Crippen LogP contribution is 2.17. The van der Waals surface area contributed by atoms with Gasteiger partial charge in [-0.05, 0) is 24.3 Å². The lowest BCUT2D eigenvalue weighted by molar-refractivity contribution is -0.131. The number of hydrogen-bond acceptors (Lipinski definition) is 5. The van der Waals surface area contributed by atoms with Crippen molar-refractivity contribution >= 4 is 34.7 Å². The summed E-state index contributed by atoms with van der Waals surface area (Å²) in [5.41, 5.74) is 1.18. The van der Waals surface area contributed by atoms with E-state index in [1.165, 1.54) is 23.9 Å². The van der Waals surface area contributed by atoms with Crippen molar-refractivity contribution in [1.29, 1.82) is 0 Å². The van der Waals surface area contributed by atoms with Crippen LogP contribution in [0.25, 0.3) is 0 Å². The highest BCUT2D eigenvalue weighted by Gasteiger charge is 2.21. The van der Waals surface area contributed by atoms with Crippen molar-refractivity contribution in [3.8, 4) is 0 Å². The summed E-state index contributed by atoms with van der Waals surface area (Å²) in [6.45, 7) is 5.21. The Morgan fingerprint density at radius 1 is 0.966 bits per heavy atom. The Hall–Kier alpha value is -2.87. The van der Waals surface area contributed by atoms with Crippen molar-refractivity contribution in [2.24, 2.45) is 0 Å². The third-order valence-electron chi connectivity index (χ3n) is 4.78. The standard InChI is InChI=1S/C21H26N4O3S/c1-16(26)23-15-18-7-8-19(29-18)21(28)22-10-9-20(27)25-13-11-24(12-14-25)17-5-3-2-4-6-17/h2-8H,9-15H2,1H3,(H,22,28)(H,23,26). The minimum atomic E-state index is -0.189. The Labute approximate surface area is 174 Å². The molecule has 1 fully saturated rings. The summed E-state index contributed by atoms with van der Waals surface area (Å²) in [6.07, 6.45) is 0.293. The molecule has 0 radical (unpaired) electrons. The summed E-state index contributed by atoms with van der Waals surface area (Å²) < 4.78 is 0. The second kappa shape index (κ2) is 10.1. The van der Waals surface area contributed by atoms with Gasteiger partial charge in [0.2, 0.25) is 11.8 Å². The molecule has 1 aromatic carbocycles. The maximum Gasteiger partial charge on any atom is 0.261 e. The van der Waals surface area contributed by atoms with E-state index in [0.717, 1.165) is 18.0 Å². The van der Waals surface area contributed by atoms with Gasteiger partial charge in [-0.2, -0.15) is 0 Å². The van der Waals surface area contributed by atoms with Gasteiger partial charge in [0.1, 0.15) is 0 Å². The summed E-state index contributed by atoms with van der Waals surface area (Å²) in [6, 6.07) is 13.8. The molecule has 0 bridgehead atoms. The Balaban J connectivity index is 1.38. The normalized spacial score (nSPS) is 13.8. The van der Waals surface area contributed by atoms with Crippen LogP contribution in [0.15, 0.2) is 42.5 Å². The number of hydrogen-bond donors (Lipinski definition) is 2. The Kier molecular flexibility index (Phi) is 7.24. The monoisotopic (exact) mass is 414 g/mol. The number of para-hydroxylation sites is 1. The van der Waals surface area contributed by atoms with Gasteiger partial charge in [0.05, 0.1) is 11.4 Å². The summed E-state index contributed by atoms with van der Waals surface area (Å²) >= 11 is 1.34. The first-order valence-electron chi connectivity index (χ1n) is 9.72. The highest BCUT2D eigenvalue weighted by molar-refractivity contribution is 7.14. The summed E-state index contributed by atoms with van der Waals surface area (Å²) in [5, 5.41) is 5.52. The van der Waals surface area contributed by atoms with Crippen molar-refractivity contribution in [3.63, 3.8) is 0 Å². The Morgan fingerprint density at radius 2 is 1.69 bits per heavy atom. The van der Waals surface area contributed by atoms with Crippen LogP contribution in [0.1, 0.15) is 27.9 Å². The molecule has 1 aromatic heterocycles. The topological polar surface area (TPSA) is 81.8 Å². The number of anilines is 1. The van der Waals surface area contributed by atoms with Gasteiger partial charge in [-0.1, -0.05) is 18.2 Å². The number of nitrogens with zero attached hydrogens (tertiary/aromatic N) is 2. The Bertz CT molecular complexity index is 845. The number of nitrogens with one attached hydrogen (secondary N) is 2. The zero-order valence-corrected chi connectivity index (χ0v) is 17.3. The molecule has 3 amide bonds. The lowest BCUT2D eigenvalue weighted by Gasteiger charge is -2.36. The zero-order chi connectivity index (χ0) is 20.6. The number of carbonyl (C=O) groups is 3. The molecule has 3 rings (SSSR count). The van der Waals surface area contributed by atoms with Gasteiger partial charge < -0.3 is 20.4 Å². The van der Waals surface area contributed by atoms with Crippen LogP contribution in [-0.2, 0) is 16.1 Å². The first-order valence-corrected chi connectivity index (χ1v) is 10.5. The molecule has 0 aliphatic carbocycles. The van der Waals surface area contributed by atoms with Gasteiger partial charge in [-0.3, -0.25) is 14.4 Å². The largest absolute Gasteiger partial charge is 0.368 e. The number of piperazine rings is 1. The first-order chi connectivity index (χ1) is 14.0. The van der Waals surface area contributed by atoms with E-state index < -0.39 is 0 Å². The average Bonchev–Trinajstić information content (AvgIpc) is 3.22. The lowest BCUT2D eigenvalue weighted by Crippen LogP contribution is -2.49. The van der Waals surface area contributed by atoms with Gasteiger partial charge in [-0.25, -0.2) is 0 Å². The van der Waals surface area contributed by atoms with Gasteiger partial charge in [0.15, 0.2) is 0 Å². The molecule has 154 valence electrons. The fraction of sp³-hybridized carbons (Fsp3) is 0.381. The summed E-state index contributed by atoms with van der Waals surface area (Å²) in [7, 11) is 0. The van der Waals surface area contributed by atoms with Crippen molar-refractivity contribution < 1.29 is 14.4 Å². The van der Waals surface area contributed by atoms with Crippen LogP contribution in [0.4, 0.5) is 5.69 Å². The van der Waals surface area contributed by atoms with E-state index in [9.17, 15) is 14.4 Å². The van der Waals surface area contributed by atoms with Crippen LogP contribution in [0.5, 0.6) is 0 Å². The van der Waals surface area contributed by atoms with Crippen LogP contribution in [0.3, 0.4) is 0 Å². The molecule has 2 heterocycles. The molecule has 0 atom stereocenters. The molecule has 1 aliphatic heterocycles. The molecule has 2 aromatic rings. The van der Waals surface area contributed by atoms with Crippen LogP contribution < -0.4 is 15.5 Å². The van der Waals surface area contributed by atoms with E-state index in [2.05, 4.69) is 27.7 Å². The third kappa shape index (κ3) is 6.05. The number of amides is 3. The lowest BCUT2D eigenvalue weighted by atomic mass is 10.2. The van der Waals surface area contributed by atoms with Crippen LogP contribution in [0.2, 0.25) is 0 Å². The van der Waals surface area contributed by atoms with E-state index >= 15 is 0 Å². The smallest absolute Gasteiger partial charge is 0.261 e. The van der Waals surface area contributed by atoms with Gasteiger partial charge in [-0.15, -0.1) is 11.3 Å². The van der Waals surface area contributed by atoms with E-state index in [0.29, 0.717) is 37.5 Å². The van der Waals surface area contributed by atoms with Crippen LogP contribution >= 0.6 is 11.3 Å². The minimum Gasteiger partial charge on any atom is -0.368 e. The fourth-order valence-corrected chi connectivity index (χ4v) is 4.05. The zero-order valence-electron chi connectivity index (χ0n) is 16.5. The minimum absolute atomic E-state index is 0.0653. The molecule has 29 heavy (non-hydrogen) atoms. The molecule has 7 nitrogen and oxygen atoms in total. The quantitative estimate of drug-likeness (QED) is 0.725. The predicted molar refractivity (Wildman–Crippen MR) is 114 cm³/mol. The fourth-order valence-electron chi connectivity index (χ4n) is 3.19. The van der Waals surface area contributed by atoms with E-state index in [1.807, 2.05) is 29.2 Å². The maximum absolute atomic E-state index is 12.4. The molecule has 0 unspecified atom stereocenters. The molecule has 8 heteroatoms. The predicted octanol–water partition coefficient (Wildman–Crippen LogP) is 1.85. The second-order valence-electron chi connectivity index (χ2n) is 6.88. The molecular formula is C21H26N4O3S. The van der Waals surface area contributed by atoms with Crippen LogP contribution in [-0.4, -0.2) is 55.3 Å². The molecule has 0 spiro atoms. The summed E-state index contributed by atoms with van der Waals surface area (Å²) in [4.78, 5) is 41.3. The number of thiophene rings is 1. The molecule has 0 saturated carbocycles. The number of rotatable bonds is 7. The molecule has 2 N–H and O–H groups in total. The third-order valence-corrected chi connectivity index (χ3v) is 5.86. The average molecular weight is 415 g/mol. The molecule has 1 aliphatic rings. The highest BCUT2D eigenvalue weighted by atomic mass is 32.1. The number of carbonyl (C=O) groups excluding carboxylic acids is 3. The first kappa shape index (κ1) is 20.9. The van der Waals surface area contributed by atoms with E-state index in [-0.39, 0.29) is 17.7 Å². The SMILES string of the molecule is CC(=O)NCc1ccc(C(=O)NCCC(=O)N2CCN(c3ccccc3)CC2)s1. The number of benzene rings is 1.